The highest BCUT2D eigenvalue weighted by Gasteiger charge is 2.35. The molecule has 6 nitrogen and oxygen atoms in total. The Balaban J connectivity index is 1.45. The zero-order chi connectivity index (χ0) is 18.3. The number of benzene rings is 1. The van der Waals surface area contributed by atoms with Crippen LogP contribution in [0.4, 0.5) is 5.13 Å². The van der Waals surface area contributed by atoms with Gasteiger partial charge >= 0.3 is 0 Å². The second-order valence-corrected chi connectivity index (χ2v) is 7.72. The van der Waals surface area contributed by atoms with Crippen molar-refractivity contribution < 1.29 is 14.0 Å². The summed E-state index contributed by atoms with van der Waals surface area (Å²) in [5, 5.41) is 3.47. The van der Waals surface area contributed by atoms with Gasteiger partial charge in [0.1, 0.15) is 5.76 Å². The molecule has 0 radical (unpaired) electrons. The van der Waals surface area contributed by atoms with Gasteiger partial charge < -0.3 is 14.6 Å². The predicted octanol–water partition coefficient (Wildman–Crippen LogP) is 3.49. The molecular weight excluding hydrogens is 350 g/mol. The van der Waals surface area contributed by atoms with Crippen LogP contribution < -0.4 is 5.32 Å². The molecule has 0 aliphatic carbocycles. The van der Waals surface area contributed by atoms with Crippen LogP contribution in [0.5, 0.6) is 0 Å². The lowest BCUT2D eigenvalue weighted by atomic mass is 10.1. The number of amides is 2. The molecule has 1 aliphatic heterocycles. The molecule has 4 rings (SSSR count). The van der Waals surface area contributed by atoms with Crippen LogP contribution in [-0.2, 0) is 16.1 Å². The van der Waals surface area contributed by atoms with Crippen LogP contribution in [0, 0.1) is 19.8 Å². The van der Waals surface area contributed by atoms with E-state index in [4.69, 9.17) is 4.42 Å². The summed E-state index contributed by atoms with van der Waals surface area (Å²) in [6.45, 7) is 4.86. The number of nitrogens with one attached hydrogen (secondary N) is 1. The van der Waals surface area contributed by atoms with E-state index in [9.17, 15) is 9.59 Å². The third-order valence-electron chi connectivity index (χ3n) is 4.57. The average Bonchev–Trinajstić information content (AvgIpc) is 3.29. The van der Waals surface area contributed by atoms with Crippen molar-refractivity contribution >= 4 is 38.5 Å². The van der Waals surface area contributed by atoms with E-state index >= 15 is 0 Å². The fraction of sp³-hybridized carbons (Fsp3) is 0.316. The second-order valence-electron chi connectivity index (χ2n) is 6.69. The van der Waals surface area contributed by atoms with Crippen LogP contribution in [0.25, 0.3) is 10.2 Å². The molecule has 1 N–H and O–H groups in total. The molecule has 26 heavy (non-hydrogen) atoms. The summed E-state index contributed by atoms with van der Waals surface area (Å²) in [6.07, 6.45) is 1.80. The van der Waals surface area contributed by atoms with Gasteiger partial charge in [0, 0.05) is 13.0 Å². The number of likely N-dealkylation sites (tertiary alicyclic amines) is 1. The fourth-order valence-corrected chi connectivity index (χ4v) is 4.37. The molecular formula is C19H19N3O3S. The molecule has 2 aromatic heterocycles. The van der Waals surface area contributed by atoms with E-state index in [1.807, 2.05) is 19.9 Å². The first-order valence-corrected chi connectivity index (χ1v) is 9.30. The Morgan fingerprint density at radius 1 is 1.42 bits per heavy atom. The van der Waals surface area contributed by atoms with Gasteiger partial charge in [-0.05, 0) is 43.2 Å². The summed E-state index contributed by atoms with van der Waals surface area (Å²) in [6, 6.07) is 7.76. The Labute approximate surface area is 154 Å². The van der Waals surface area contributed by atoms with Crippen molar-refractivity contribution in [2.24, 2.45) is 5.92 Å². The third-order valence-corrected chi connectivity index (χ3v) is 5.49. The van der Waals surface area contributed by atoms with E-state index < -0.39 is 0 Å². The summed E-state index contributed by atoms with van der Waals surface area (Å²) in [5.41, 5.74) is 3.18. The van der Waals surface area contributed by atoms with Crippen molar-refractivity contribution in [1.82, 2.24) is 9.88 Å². The molecule has 0 spiro atoms. The van der Waals surface area contributed by atoms with Crippen LogP contribution in [0.2, 0.25) is 0 Å². The molecule has 1 fully saturated rings. The van der Waals surface area contributed by atoms with Crippen molar-refractivity contribution in [3.63, 3.8) is 0 Å². The maximum absolute atomic E-state index is 12.6. The molecule has 1 aromatic carbocycles. The topological polar surface area (TPSA) is 75.4 Å². The molecule has 7 heteroatoms. The number of carbonyl (C=O) groups is 2. The van der Waals surface area contributed by atoms with Crippen molar-refractivity contribution in [2.75, 3.05) is 11.9 Å². The summed E-state index contributed by atoms with van der Waals surface area (Å²) in [7, 11) is 0. The second kappa shape index (κ2) is 6.57. The van der Waals surface area contributed by atoms with Crippen LogP contribution in [0.3, 0.4) is 0 Å². The van der Waals surface area contributed by atoms with Gasteiger partial charge in [-0.3, -0.25) is 9.59 Å². The van der Waals surface area contributed by atoms with Crippen LogP contribution in [-0.4, -0.2) is 28.2 Å². The normalized spacial score (nSPS) is 17.2. The van der Waals surface area contributed by atoms with Gasteiger partial charge in [0.15, 0.2) is 5.13 Å². The Morgan fingerprint density at radius 3 is 3.04 bits per heavy atom. The van der Waals surface area contributed by atoms with Crippen LogP contribution in [0.1, 0.15) is 23.3 Å². The van der Waals surface area contributed by atoms with Crippen molar-refractivity contribution in [2.45, 2.75) is 26.8 Å². The SMILES string of the molecule is Cc1cc(C)c2nc(NC(=O)C3CC(=O)N(Cc4ccco4)C3)sc2c1. The number of aryl methyl sites for hydroxylation is 2. The van der Waals surface area contributed by atoms with Crippen molar-refractivity contribution in [1.29, 1.82) is 0 Å². The molecule has 1 unspecified atom stereocenters. The molecule has 0 saturated carbocycles. The number of rotatable bonds is 4. The average molecular weight is 369 g/mol. The summed E-state index contributed by atoms with van der Waals surface area (Å²) >= 11 is 1.46. The van der Waals surface area contributed by atoms with E-state index in [1.54, 1.807) is 17.2 Å². The highest BCUT2D eigenvalue weighted by atomic mass is 32.1. The predicted molar refractivity (Wildman–Crippen MR) is 100.0 cm³/mol. The minimum atomic E-state index is -0.368. The number of fused-ring (bicyclic) bond motifs is 1. The zero-order valence-corrected chi connectivity index (χ0v) is 15.4. The maximum Gasteiger partial charge on any atom is 0.231 e. The first kappa shape index (κ1) is 16.8. The number of carbonyl (C=O) groups excluding carboxylic acids is 2. The highest BCUT2D eigenvalue weighted by molar-refractivity contribution is 7.22. The van der Waals surface area contributed by atoms with Crippen LogP contribution in [0.15, 0.2) is 34.9 Å². The van der Waals surface area contributed by atoms with Gasteiger partial charge in [-0.25, -0.2) is 4.98 Å². The van der Waals surface area contributed by atoms with Crippen LogP contribution >= 0.6 is 11.3 Å². The molecule has 1 atom stereocenters. The van der Waals surface area contributed by atoms with Gasteiger partial charge in [-0.15, -0.1) is 0 Å². The van der Waals surface area contributed by atoms with Gasteiger partial charge in [-0.1, -0.05) is 17.4 Å². The van der Waals surface area contributed by atoms with Crippen molar-refractivity contribution in [3.8, 4) is 0 Å². The Morgan fingerprint density at radius 2 is 2.27 bits per heavy atom. The quantitative estimate of drug-likeness (QED) is 0.764. The van der Waals surface area contributed by atoms with E-state index in [0.717, 1.165) is 21.5 Å². The molecule has 0 bridgehead atoms. The molecule has 3 heterocycles. The Kier molecular flexibility index (Phi) is 4.24. The number of hydrogen-bond donors (Lipinski definition) is 1. The Bertz CT molecular complexity index is 977. The number of aromatic nitrogens is 1. The largest absolute Gasteiger partial charge is 0.467 e. The van der Waals surface area contributed by atoms with Gasteiger partial charge in [0.05, 0.1) is 28.9 Å². The van der Waals surface area contributed by atoms with Gasteiger partial charge in [-0.2, -0.15) is 0 Å². The minimum absolute atomic E-state index is 0.0303. The smallest absolute Gasteiger partial charge is 0.231 e. The molecule has 3 aromatic rings. The summed E-state index contributed by atoms with van der Waals surface area (Å²) < 4.78 is 6.34. The number of nitrogens with zero attached hydrogens (tertiary/aromatic N) is 2. The van der Waals surface area contributed by atoms with E-state index in [1.165, 1.54) is 16.9 Å². The highest BCUT2D eigenvalue weighted by Crippen LogP contribution is 2.30. The summed E-state index contributed by atoms with van der Waals surface area (Å²) in [5.74, 6) is 0.162. The van der Waals surface area contributed by atoms with Crippen molar-refractivity contribution in [3.05, 3.63) is 47.4 Å². The lowest BCUT2D eigenvalue weighted by Gasteiger charge is -2.14. The lowest BCUT2D eigenvalue weighted by molar-refractivity contribution is -0.128. The number of anilines is 1. The molecule has 1 saturated heterocycles. The van der Waals surface area contributed by atoms with E-state index in [-0.39, 0.29) is 24.2 Å². The minimum Gasteiger partial charge on any atom is -0.467 e. The van der Waals surface area contributed by atoms with Gasteiger partial charge in [0.25, 0.3) is 0 Å². The monoisotopic (exact) mass is 369 g/mol. The number of hydrogen-bond acceptors (Lipinski definition) is 5. The standard InChI is InChI=1S/C19H19N3O3S/c1-11-6-12(2)17-15(7-11)26-19(20-17)21-18(24)13-8-16(23)22(9-13)10-14-4-3-5-25-14/h3-7,13H,8-10H2,1-2H3,(H,20,21,24). The lowest BCUT2D eigenvalue weighted by Crippen LogP contribution is -2.27. The molecule has 134 valence electrons. The first-order valence-electron chi connectivity index (χ1n) is 8.48. The van der Waals surface area contributed by atoms with Gasteiger partial charge in [0.2, 0.25) is 11.8 Å². The summed E-state index contributed by atoms with van der Waals surface area (Å²) in [4.78, 5) is 31.0. The Hall–Kier alpha value is -2.67. The maximum atomic E-state index is 12.6. The fourth-order valence-electron chi connectivity index (χ4n) is 3.32. The number of furan rings is 1. The first-order chi connectivity index (χ1) is 12.5. The van der Waals surface area contributed by atoms with E-state index in [0.29, 0.717) is 18.2 Å². The third kappa shape index (κ3) is 3.22. The zero-order valence-electron chi connectivity index (χ0n) is 14.6. The molecule has 1 aliphatic rings. The van der Waals surface area contributed by atoms with E-state index in [2.05, 4.69) is 22.4 Å². The number of thiazole rings is 1. The molecule has 2 amide bonds.